The second-order valence-electron chi connectivity index (χ2n) is 6.41. The van der Waals surface area contributed by atoms with E-state index in [-0.39, 0.29) is 11.8 Å². The van der Waals surface area contributed by atoms with Crippen LogP contribution in [0.2, 0.25) is 0 Å². The minimum atomic E-state index is -0.130. The SMILES string of the molecule is CC(=O)N1CCN(C(=O)c2ccnc(NCc3cccc(C)c3)n2)CC1. The molecule has 0 bridgehead atoms. The minimum absolute atomic E-state index is 0.0433. The number of nitrogens with one attached hydrogen (secondary N) is 1. The van der Waals surface area contributed by atoms with Crippen molar-refractivity contribution in [3.05, 3.63) is 53.3 Å². The van der Waals surface area contributed by atoms with E-state index in [9.17, 15) is 9.59 Å². The van der Waals surface area contributed by atoms with E-state index in [2.05, 4.69) is 21.4 Å². The number of benzene rings is 1. The Labute approximate surface area is 153 Å². The van der Waals surface area contributed by atoms with E-state index in [0.29, 0.717) is 44.4 Å². The van der Waals surface area contributed by atoms with Gasteiger partial charge in [-0.1, -0.05) is 29.8 Å². The highest BCUT2D eigenvalue weighted by Gasteiger charge is 2.24. The van der Waals surface area contributed by atoms with Crippen molar-refractivity contribution in [2.75, 3.05) is 31.5 Å². The van der Waals surface area contributed by atoms with Crippen LogP contribution in [0.25, 0.3) is 0 Å². The topological polar surface area (TPSA) is 78.4 Å². The fourth-order valence-electron chi connectivity index (χ4n) is 2.95. The van der Waals surface area contributed by atoms with Gasteiger partial charge in [-0.25, -0.2) is 9.97 Å². The van der Waals surface area contributed by atoms with E-state index in [4.69, 9.17) is 0 Å². The molecule has 2 heterocycles. The number of aromatic nitrogens is 2. The Morgan fingerprint density at radius 2 is 1.85 bits per heavy atom. The fraction of sp³-hybridized carbons (Fsp3) is 0.368. The molecule has 26 heavy (non-hydrogen) atoms. The van der Waals surface area contributed by atoms with Crippen LogP contribution in [0.3, 0.4) is 0 Å². The lowest BCUT2D eigenvalue weighted by atomic mass is 10.1. The van der Waals surface area contributed by atoms with E-state index < -0.39 is 0 Å². The number of amides is 2. The Kier molecular flexibility index (Phi) is 5.46. The van der Waals surface area contributed by atoms with Crippen molar-refractivity contribution in [2.45, 2.75) is 20.4 Å². The van der Waals surface area contributed by atoms with Gasteiger partial charge in [-0.2, -0.15) is 0 Å². The van der Waals surface area contributed by atoms with Crippen LogP contribution in [-0.4, -0.2) is 57.8 Å². The van der Waals surface area contributed by atoms with Crippen molar-refractivity contribution in [2.24, 2.45) is 0 Å². The van der Waals surface area contributed by atoms with Crippen molar-refractivity contribution in [1.29, 1.82) is 0 Å². The Bertz CT molecular complexity index is 800. The number of hydrogen-bond donors (Lipinski definition) is 1. The summed E-state index contributed by atoms with van der Waals surface area (Å²) in [6.45, 7) is 6.36. The average Bonchev–Trinajstić information content (AvgIpc) is 2.66. The van der Waals surface area contributed by atoms with Gasteiger partial charge in [0.05, 0.1) is 0 Å². The van der Waals surface area contributed by atoms with Crippen LogP contribution in [0.4, 0.5) is 5.95 Å². The van der Waals surface area contributed by atoms with Gasteiger partial charge in [0.25, 0.3) is 5.91 Å². The number of hydrogen-bond acceptors (Lipinski definition) is 5. The van der Waals surface area contributed by atoms with Crippen molar-refractivity contribution in [3.63, 3.8) is 0 Å². The summed E-state index contributed by atoms with van der Waals surface area (Å²) < 4.78 is 0. The first kappa shape index (κ1) is 17.8. The van der Waals surface area contributed by atoms with Crippen molar-refractivity contribution in [1.82, 2.24) is 19.8 Å². The molecule has 7 heteroatoms. The number of nitrogens with zero attached hydrogens (tertiary/aromatic N) is 4. The molecule has 1 aliphatic rings. The molecule has 0 spiro atoms. The quantitative estimate of drug-likeness (QED) is 0.905. The zero-order valence-electron chi connectivity index (χ0n) is 15.1. The van der Waals surface area contributed by atoms with Crippen LogP contribution in [0, 0.1) is 6.92 Å². The predicted octanol–water partition coefficient (Wildman–Crippen LogP) is 1.70. The molecule has 0 unspecified atom stereocenters. The second-order valence-corrected chi connectivity index (χ2v) is 6.41. The summed E-state index contributed by atoms with van der Waals surface area (Å²) in [6, 6.07) is 9.80. The summed E-state index contributed by atoms with van der Waals surface area (Å²) in [7, 11) is 0. The van der Waals surface area contributed by atoms with Gasteiger partial charge in [0.2, 0.25) is 11.9 Å². The van der Waals surface area contributed by atoms with Gasteiger partial charge in [-0.05, 0) is 18.6 Å². The lowest BCUT2D eigenvalue weighted by Gasteiger charge is -2.34. The van der Waals surface area contributed by atoms with Crippen LogP contribution >= 0.6 is 0 Å². The molecule has 1 N–H and O–H groups in total. The number of carbonyl (C=O) groups is 2. The first-order chi connectivity index (χ1) is 12.5. The normalized spacial score (nSPS) is 14.2. The third-order valence-corrected chi connectivity index (χ3v) is 4.42. The van der Waals surface area contributed by atoms with Crippen molar-refractivity contribution >= 4 is 17.8 Å². The Balaban J connectivity index is 1.61. The molecule has 7 nitrogen and oxygen atoms in total. The Morgan fingerprint density at radius 1 is 1.12 bits per heavy atom. The third kappa shape index (κ3) is 4.36. The summed E-state index contributed by atoms with van der Waals surface area (Å²) in [5.41, 5.74) is 2.69. The molecule has 1 fully saturated rings. The number of aryl methyl sites for hydroxylation is 1. The lowest BCUT2D eigenvalue weighted by molar-refractivity contribution is -0.130. The van der Waals surface area contributed by atoms with Crippen LogP contribution in [0.5, 0.6) is 0 Å². The van der Waals surface area contributed by atoms with Gasteiger partial charge in [-0.15, -0.1) is 0 Å². The van der Waals surface area contributed by atoms with Crippen molar-refractivity contribution in [3.8, 4) is 0 Å². The molecule has 0 aliphatic carbocycles. The molecule has 136 valence electrons. The summed E-state index contributed by atoms with van der Waals surface area (Å²) >= 11 is 0. The molecule has 0 saturated carbocycles. The maximum Gasteiger partial charge on any atom is 0.272 e. The highest BCUT2D eigenvalue weighted by Crippen LogP contribution is 2.10. The van der Waals surface area contributed by atoms with Gasteiger partial charge in [-0.3, -0.25) is 9.59 Å². The summed E-state index contributed by atoms with van der Waals surface area (Å²) in [5.74, 6) is 0.343. The third-order valence-electron chi connectivity index (χ3n) is 4.42. The predicted molar refractivity (Wildman–Crippen MR) is 98.7 cm³/mol. The minimum Gasteiger partial charge on any atom is -0.350 e. The zero-order valence-corrected chi connectivity index (χ0v) is 15.1. The molecule has 0 radical (unpaired) electrons. The van der Waals surface area contributed by atoms with E-state index in [1.807, 2.05) is 25.1 Å². The summed E-state index contributed by atoms with van der Waals surface area (Å²) in [6.07, 6.45) is 1.59. The summed E-state index contributed by atoms with van der Waals surface area (Å²) in [4.78, 5) is 36.1. The average molecular weight is 353 g/mol. The van der Waals surface area contributed by atoms with E-state index in [1.54, 1.807) is 29.0 Å². The largest absolute Gasteiger partial charge is 0.350 e. The van der Waals surface area contributed by atoms with Gasteiger partial charge in [0.15, 0.2) is 0 Å². The highest BCUT2D eigenvalue weighted by atomic mass is 16.2. The van der Waals surface area contributed by atoms with Gasteiger partial charge in [0.1, 0.15) is 5.69 Å². The first-order valence-corrected chi connectivity index (χ1v) is 8.70. The molecule has 1 saturated heterocycles. The van der Waals surface area contributed by atoms with E-state index >= 15 is 0 Å². The standard InChI is InChI=1S/C19H23N5O2/c1-14-4-3-5-16(12-14)13-21-19-20-7-6-17(22-19)18(26)24-10-8-23(9-11-24)15(2)25/h3-7,12H,8-11,13H2,1-2H3,(H,20,21,22). The second kappa shape index (κ2) is 7.95. The molecule has 2 aromatic rings. The zero-order chi connectivity index (χ0) is 18.5. The number of anilines is 1. The number of rotatable bonds is 4. The highest BCUT2D eigenvalue weighted by molar-refractivity contribution is 5.92. The first-order valence-electron chi connectivity index (χ1n) is 8.70. The molecule has 0 atom stereocenters. The fourth-order valence-corrected chi connectivity index (χ4v) is 2.95. The van der Waals surface area contributed by atoms with Gasteiger partial charge < -0.3 is 15.1 Å². The Hall–Kier alpha value is -2.96. The molecule has 2 amide bonds. The summed E-state index contributed by atoms with van der Waals surface area (Å²) in [5, 5.41) is 3.16. The van der Waals surface area contributed by atoms with Crippen molar-refractivity contribution < 1.29 is 9.59 Å². The Morgan fingerprint density at radius 3 is 2.54 bits per heavy atom. The molecule has 1 aliphatic heterocycles. The molecular weight excluding hydrogens is 330 g/mol. The monoisotopic (exact) mass is 353 g/mol. The molecular formula is C19H23N5O2. The van der Waals surface area contributed by atoms with Crippen LogP contribution in [0.1, 0.15) is 28.5 Å². The van der Waals surface area contributed by atoms with Crippen LogP contribution in [0.15, 0.2) is 36.5 Å². The smallest absolute Gasteiger partial charge is 0.272 e. The van der Waals surface area contributed by atoms with E-state index in [1.165, 1.54) is 5.56 Å². The lowest BCUT2D eigenvalue weighted by Crippen LogP contribution is -2.50. The maximum atomic E-state index is 12.7. The number of carbonyl (C=O) groups excluding carboxylic acids is 2. The molecule has 1 aromatic heterocycles. The number of piperazine rings is 1. The molecule has 1 aromatic carbocycles. The maximum absolute atomic E-state index is 12.7. The van der Waals surface area contributed by atoms with E-state index in [0.717, 1.165) is 5.56 Å². The van der Waals surface area contributed by atoms with Crippen LogP contribution < -0.4 is 5.32 Å². The van der Waals surface area contributed by atoms with Gasteiger partial charge in [0, 0.05) is 45.8 Å². The van der Waals surface area contributed by atoms with Crippen LogP contribution in [-0.2, 0) is 11.3 Å². The molecule has 3 rings (SSSR count). The van der Waals surface area contributed by atoms with Gasteiger partial charge >= 0.3 is 0 Å².